The molecule has 0 N–H and O–H groups in total. The molecule has 0 aromatic carbocycles. The molecule has 3 heterocycles. The van der Waals surface area contributed by atoms with Crippen molar-refractivity contribution < 1.29 is 4.74 Å². The summed E-state index contributed by atoms with van der Waals surface area (Å²) in [5.74, 6) is 0. The number of rotatable bonds is 3. The van der Waals surface area contributed by atoms with Crippen LogP contribution in [0.25, 0.3) is 5.65 Å². The quantitative estimate of drug-likeness (QED) is 0.869. The van der Waals surface area contributed by atoms with E-state index in [4.69, 9.17) is 9.72 Å². The molecular formula is C17H25N3O. The Morgan fingerprint density at radius 3 is 2.86 bits per heavy atom. The number of aryl methyl sites for hydroxylation is 1. The van der Waals surface area contributed by atoms with Crippen molar-refractivity contribution >= 4 is 5.65 Å². The summed E-state index contributed by atoms with van der Waals surface area (Å²) in [4.78, 5) is 7.24. The summed E-state index contributed by atoms with van der Waals surface area (Å²) >= 11 is 0. The average Bonchev–Trinajstić information content (AvgIpc) is 2.82. The van der Waals surface area contributed by atoms with Gasteiger partial charge >= 0.3 is 0 Å². The molecule has 4 nitrogen and oxygen atoms in total. The molecule has 1 unspecified atom stereocenters. The SMILES string of the molecule is COC1CCN(Cc2cn3c(C)cccc3n2)CC1(C)C. The number of aromatic nitrogens is 2. The third-order valence-corrected chi connectivity index (χ3v) is 4.63. The number of likely N-dealkylation sites (tertiary alicyclic amines) is 1. The van der Waals surface area contributed by atoms with Crippen LogP contribution in [0.5, 0.6) is 0 Å². The van der Waals surface area contributed by atoms with Crippen molar-refractivity contribution in [2.75, 3.05) is 20.2 Å². The molecule has 2 aromatic rings. The Kier molecular flexibility index (Phi) is 3.76. The van der Waals surface area contributed by atoms with E-state index in [0.717, 1.165) is 37.4 Å². The Bertz CT molecular complexity index is 632. The number of hydrogen-bond acceptors (Lipinski definition) is 3. The van der Waals surface area contributed by atoms with Gasteiger partial charge in [-0.25, -0.2) is 4.98 Å². The first kappa shape index (κ1) is 14.5. The number of fused-ring (bicyclic) bond motifs is 1. The lowest BCUT2D eigenvalue weighted by Crippen LogP contribution is -2.48. The van der Waals surface area contributed by atoms with Crippen LogP contribution in [0.1, 0.15) is 31.7 Å². The van der Waals surface area contributed by atoms with Crippen LogP contribution in [0, 0.1) is 12.3 Å². The minimum absolute atomic E-state index is 0.197. The Hall–Kier alpha value is -1.39. The molecule has 1 atom stereocenters. The first-order valence-electron chi connectivity index (χ1n) is 7.68. The molecule has 0 aliphatic carbocycles. The third-order valence-electron chi connectivity index (χ3n) is 4.63. The summed E-state index contributed by atoms with van der Waals surface area (Å²) in [6.07, 6.45) is 3.62. The number of piperidine rings is 1. The maximum absolute atomic E-state index is 5.62. The van der Waals surface area contributed by atoms with E-state index in [-0.39, 0.29) is 5.41 Å². The number of hydrogen-bond donors (Lipinski definition) is 0. The van der Waals surface area contributed by atoms with Crippen molar-refractivity contribution in [3.8, 4) is 0 Å². The van der Waals surface area contributed by atoms with Crippen LogP contribution in [0.4, 0.5) is 0 Å². The van der Waals surface area contributed by atoms with Gasteiger partial charge in [0.15, 0.2) is 0 Å². The first-order valence-corrected chi connectivity index (χ1v) is 7.68. The van der Waals surface area contributed by atoms with Gasteiger partial charge in [-0.1, -0.05) is 19.9 Å². The lowest BCUT2D eigenvalue weighted by Gasteiger charge is -2.43. The number of nitrogens with zero attached hydrogens (tertiary/aromatic N) is 3. The highest BCUT2D eigenvalue weighted by molar-refractivity contribution is 5.41. The minimum atomic E-state index is 0.197. The van der Waals surface area contributed by atoms with Crippen molar-refractivity contribution in [1.29, 1.82) is 0 Å². The van der Waals surface area contributed by atoms with Gasteiger partial charge < -0.3 is 9.14 Å². The molecule has 21 heavy (non-hydrogen) atoms. The lowest BCUT2D eigenvalue weighted by molar-refractivity contribution is -0.0534. The predicted octanol–water partition coefficient (Wildman–Crippen LogP) is 2.89. The fourth-order valence-electron chi connectivity index (χ4n) is 3.52. The van der Waals surface area contributed by atoms with E-state index in [1.165, 1.54) is 5.69 Å². The fraction of sp³-hybridized carbons (Fsp3) is 0.588. The molecule has 2 aromatic heterocycles. The van der Waals surface area contributed by atoms with Crippen molar-refractivity contribution in [2.45, 2.75) is 39.8 Å². The molecule has 4 heteroatoms. The highest BCUT2D eigenvalue weighted by Crippen LogP contribution is 2.31. The van der Waals surface area contributed by atoms with Crippen molar-refractivity contribution in [3.05, 3.63) is 35.8 Å². The van der Waals surface area contributed by atoms with Crippen molar-refractivity contribution in [2.24, 2.45) is 5.41 Å². The van der Waals surface area contributed by atoms with E-state index in [1.54, 1.807) is 0 Å². The predicted molar refractivity (Wildman–Crippen MR) is 84.4 cm³/mol. The van der Waals surface area contributed by atoms with Crippen LogP contribution in [0.2, 0.25) is 0 Å². The second-order valence-electron chi connectivity index (χ2n) is 6.84. The zero-order valence-corrected chi connectivity index (χ0v) is 13.5. The molecule has 114 valence electrons. The highest BCUT2D eigenvalue weighted by Gasteiger charge is 2.36. The van der Waals surface area contributed by atoms with Crippen molar-refractivity contribution in [3.63, 3.8) is 0 Å². The summed E-state index contributed by atoms with van der Waals surface area (Å²) < 4.78 is 7.79. The third kappa shape index (κ3) is 2.83. The summed E-state index contributed by atoms with van der Waals surface area (Å²) in [6, 6.07) is 6.25. The van der Waals surface area contributed by atoms with Crippen LogP contribution >= 0.6 is 0 Å². The van der Waals surface area contributed by atoms with Gasteiger partial charge in [0.05, 0.1) is 11.8 Å². The van der Waals surface area contributed by atoms with Gasteiger partial charge in [0.1, 0.15) is 5.65 Å². The Morgan fingerprint density at radius 1 is 1.38 bits per heavy atom. The molecule has 0 spiro atoms. The monoisotopic (exact) mass is 287 g/mol. The van der Waals surface area contributed by atoms with Gasteiger partial charge in [-0.3, -0.25) is 4.90 Å². The zero-order chi connectivity index (χ0) is 15.0. The van der Waals surface area contributed by atoms with Crippen LogP contribution in [-0.4, -0.2) is 40.6 Å². The van der Waals surface area contributed by atoms with Gasteiger partial charge in [-0.15, -0.1) is 0 Å². The zero-order valence-electron chi connectivity index (χ0n) is 13.5. The second kappa shape index (κ2) is 5.43. The molecular weight excluding hydrogens is 262 g/mol. The average molecular weight is 287 g/mol. The van der Waals surface area contributed by atoms with Crippen LogP contribution in [-0.2, 0) is 11.3 Å². The molecule has 1 saturated heterocycles. The number of imidazole rings is 1. The standard InChI is InChI=1S/C17H25N3O/c1-13-6-5-7-16-18-14(11-20(13)16)10-19-9-8-15(21-4)17(2,3)12-19/h5-7,11,15H,8-10,12H2,1-4H3. The smallest absolute Gasteiger partial charge is 0.137 e. The molecule has 1 fully saturated rings. The molecule has 1 aliphatic heterocycles. The van der Waals surface area contributed by atoms with Crippen LogP contribution in [0.15, 0.2) is 24.4 Å². The highest BCUT2D eigenvalue weighted by atomic mass is 16.5. The van der Waals surface area contributed by atoms with Crippen LogP contribution in [0.3, 0.4) is 0 Å². The molecule has 0 amide bonds. The molecule has 3 rings (SSSR count). The normalized spacial score (nSPS) is 22.8. The first-order chi connectivity index (χ1) is 9.99. The van der Waals surface area contributed by atoms with E-state index in [1.807, 2.05) is 7.11 Å². The van der Waals surface area contributed by atoms with Gasteiger partial charge in [-0.05, 0) is 25.5 Å². The number of pyridine rings is 1. The largest absolute Gasteiger partial charge is 0.381 e. The van der Waals surface area contributed by atoms with Gasteiger partial charge in [0, 0.05) is 44.0 Å². The van der Waals surface area contributed by atoms with Crippen molar-refractivity contribution in [1.82, 2.24) is 14.3 Å². The number of ether oxygens (including phenoxy) is 1. The summed E-state index contributed by atoms with van der Waals surface area (Å²) in [6.45, 7) is 9.75. The fourth-order valence-corrected chi connectivity index (χ4v) is 3.52. The maximum Gasteiger partial charge on any atom is 0.137 e. The van der Waals surface area contributed by atoms with E-state index in [9.17, 15) is 0 Å². The van der Waals surface area contributed by atoms with E-state index < -0.39 is 0 Å². The number of methoxy groups -OCH3 is 1. The molecule has 0 radical (unpaired) electrons. The summed E-state index contributed by atoms with van der Waals surface area (Å²) in [5, 5.41) is 0. The van der Waals surface area contributed by atoms with E-state index in [2.05, 4.69) is 54.5 Å². The van der Waals surface area contributed by atoms with Gasteiger partial charge in [0.25, 0.3) is 0 Å². The topological polar surface area (TPSA) is 29.8 Å². The molecule has 0 saturated carbocycles. The Labute approximate surface area is 126 Å². The maximum atomic E-state index is 5.62. The van der Waals surface area contributed by atoms with Crippen LogP contribution < -0.4 is 0 Å². The van der Waals surface area contributed by atoms with Gasteiger partial charge in [0.2, 0.25) is 0 Å². The molecule has 1 aliphatic rings. The van der Waals surface area contributed by atoms with Gasteiger partial charge in [-0.2, -0.15) is 0 Å². The summed E-state index contributed by atoms with van der Waals surface area (Å²) in [7, 11) is 1.83. The lowest BCUT2D eigenvalue weighted by atomic mass is 9.81. The minimum Gasteiger partial charge on any atom is -0.381 e. The molecule has 0 bridgehead atoms. The van der Waals surface area contributed by atoms with E-state index >= 15 is 0 Å². The Balaban J connectivity index is 1.75. The Morgan fingerprint density at radius 2 is 2.19 bits per heavy atom. The van der Waals surface area contributed by atoms with E-state index in [0.29, 0.717) is 6.10 Å². The second-order valence-corrected chi connectivity index (χ2v) is 6.84. The summed E-state index contributed by atoms with van der Waals surface area (Å²) in [5.41, 5.74) is 3.61.